The zero-order valence-corrected chi connectivity index (χ0v) is 16.2. The van der Waals surface area contributed by atoms with Crippen molar-refractivity contribution in [3.63, 3.8) is 0 Å². The molecule has 0 aliphatic carbocycles. The zero-order valence-electron chi connectivity index (χ0n) is 14.6. The molecule has 0 aromatic heterocycles. The molecule has 0 atom stereocenters. The van der Waals surface area contributed by atoms with E-state index >= 15 is 0 Å². The van der Waals surface area contributed by atoms with Crippen molar-refractivity contribution in [2.75, 3.05) is 4.90 Å². The van der Waals surface area contributed by atoms with Gasteiger partial charge in [0.2, 0.25) is 0 Å². The lowest BCUT2D eigenvalue weighted by atomic mass is 10.1. The number of amides is 2. The number of anilines is 1. The van der Waals surface area contributed by atoms with Crippen LogP contribution in [0.4, 0.5) is 5.69 Å². The van der Waals surface area contributed by atoms with E-state index in [1.165, 1.54) is 6.07 Å². The number of rotatable bonds is 4. The highest BCUT2D eigenvalue weighted by Gasteiger charge is 2.36. The normalized spacial score (nSPS) is 12.8. The number of hydrogen-bond acceptors (Lipinski definition) is 4. The molecule has 0 fully saturated rings. The smallest absolute Gasteiger partial charge is 0.338 e. The van der Waals surface area contributed by atoms with Crippen LogP contribution >= 0.6 is 15.9 Å². The molecule has 138 valence electrons. The number of carbonyl (C=O) groups is 3. The molecule has 28 heavy (non-hydrogen) atoms. The van der Waals surface area contributed by atoms with Gasteiger partial charge in [-0.25, -0.2) is 9.69 Å². The molecule has 0 radical (unpaired) electrons. The summed E-state index contributed by atoms with van der Waals surface area (Å²) >= 11 is 3.31. The highest BCUT2D eigenvalue weighted by Crippen LogP contribution is 2.30. The molecule has 0 spiro atoms. The van der Waals surface area contributed by atoms with E-state index in [1.54, 1.807) is 36.4 Å². The molecule has 1 heterocycles. The van der Waals surface area contributed by atoms with Gasteiger partial charge in [0.15, 0.2) is 0 Å². The fourth-order valence-electron chi connectivity index (χ4n) is 3.03. The summed E-state index contributed by atoms with van der Waals surface area (Å²) in [5.74, 6) is -1.36. The number of imide groups is 1. The number of hydrogen-bond donors (Lipinski definition) is 0. The van der Waals surface area contributed by atoms with Crippen LogP contribution in [0.25, 0.3) is 0 Å². The third kappa shape index (κ3) is 3.34. The quantitative estimate of drug-likeness (QED) is 0.443. The van der Waals surface area contributed by atoms with Crippen LogP contribution in [0.3, 0.4) is 0 Å². The van der Waals surface area contributed by atoms with Gasteiger partial charge in [0.1, 0.15) is 6.61 Å². The van der Waals surface area contributed by atoms with Crippen molar-refractivity contribution in [3.8, 4) is 0 Å². The Morgan fingerprint density at radius 2 is 1.61 bits per heavy atom. The topological polar surface area (TPSA) is 63.7 Å². The van der Waals surface area contributed by atoms with Gasteiger partial charge in [-0.1, -0.05) is 52.3 Å². The summed E-state index contributed by atoms with van der Waals surface area (Å²) in [5, 5.41) is 0. The van der Waals surface area contributed by atoms with E-state index in [1.807, 2.05) is 30.3 Å². The Labute approximate surface area is 169 Å². The van der Waals surface area contributed by atoms with E-state index in [2.05, 4.69) is 15.9 Å². The zero-order chi connectivity index (χ0) is 19.7. The standard InChI is InChI=1S/C22H14BrNO4/c23-16-9-10-18-19(12-16)21(26)24(20(18)25)17-8-4-7-15(11-17)22(27)28-13-14-5-2-1-3-6-14/h1-12H,13H2. The average Bonchev–Trinajstić information content (AvgIpc) is 2.96. The largest absolute Gasteiger partial charge is 0.457 e. The van der Waals surface area contributed by atoms with Crippen molar-refractivity contribution in [2.24, 2.45) is 0 Å². The molecule has 1 aliphatic heterocycles. The number of benzene rings is 3. The number of esters is 1. The first-order valence-corrected chi connectivity index (χ1v) is 9.33. The summed E-state index contributed by atoms with van der Waals surface area (Å²) in [4.78, 5) is 38.9. The summed E-state index contributed by atoms with van der Waals surface area (Å²) in [5.41, 5.74) is 2.14. The summed E-state index contributed by atoms with van der Waals surface area (Å²) < 4.78 is 6.04. The second-order valence-corrected chi connectivity index (χ2v) is 7.16. The molecule has 4 rings (SSSR count). The lowest BCUT2D eigenvalue weighted by molar-refractivity contribution is 0.0472. The lowest BCUT2D eigenvalue weighted by Crippen LogP contribution is -2.29. The van der Waals surface area contributed by atoms with Crippen LogP contribution in [0.1, 0.15) is 36.6 Å². The molecule has 0 N–H and O–H groups in total. The second-order valence-electron chi connectivity index (χ2n) is 6.25. The van der Waals surface area contributed by atoms with Crippen molar-refractivity contribution in [2.45, 2.75) is 6.61 Å². The first-order chi connectivity index (χ1) is 13.5. The number of halogens is 1. The minimum absolute atomic E-state index is 0.144. The Bertz CT molecular complexity index is 1090. The van der Waals surface area contributed by atoms with Gasteiger partial charge in [0, 0.05) is 4.47 Å². The van der Waals surface area contributed by atoms with Gasteiger partial charge >= 0.3 is 5.97 Å². The van der Waals surface area contributed by atoms with Crippen LogP contribution in [0.15, 0.2) is 77.3 Å². The predicted octanol–water partition coefficient (Wildman–Crippen LogP) is 4.61. The van der Waals surface area contributed by atoms with Gasteiger partial charge in [-0.05, 0) is 42.0 Å². The summed E-state index contributed by atoms with van der Waals surface area (Å²) in [6, 6.07) is 20.6. The fourth-order valence-corrected chi connectivity index (χ4v) is 3.39. The lowest BCUT2D eigenvalue weighted by Gasteiger charge is -2.15. The molecular formula is C22H14BrNO4. The SMILES string of the molecule is O=C(OCc1ccccc1)c1cccc(N2C(=O)c3ccc(Br)cc3C2=O)c1. The molecule has 2 amide bonds. The van der Waals surface area contributed by atoms with Gasteiger partial charge in [0.05, 0.1) is 22.4 Å². The molecular weight excluding hydrogens is 422 g/mol. The first-order valence-electron chi connectivity index (χ1n) is 8.54. The molecule has 3 aromatic carbocycles. The summed E-state index contributed by atoms with van der Waals surface area (Å²) in [6.45, 7) is 0.144. The van der Waals surface area contributed by atoms with Gasteiger partial charge in [-0.15, -0.1) is 0 Å². The van der Waals surface area contributed by atoms with E-state index in [0.717, 1.165) is 10.5 Å². The monoisotopic (exact) mass is 435 g/mol. The third-order valence-corrected chi connectivity index (χ3v) is 4.89. The van der Waals surface area contributed by atoms with E-state index in [-0.39, 0.29) is 12.2 Å². The van der Waals surface area contributed by atoms with Crippen LogP contribution in [-0.2, 0) is 11.3 Å². The molecule has 6 heteroatoms. The van der Waals surface area contributed by atoms with Crippen LogP contribution in [0.2, 0.25) is 0 Å². The number of fused-ring (bicyclic) bond motifs is 1. The Balaban J connectivity index is 1.57. The summed E-state index contributed by atoms with van der Waals surface area (Å²) in [6.07, 6.45) is 0. The molecule has 0 bridgehead atoms. The van der Waals surface area contributed by atoms with Crippen LogP contribution in [0, 0.1) is 0 Å². The molecule has 3 aromatic rings. The Kier molecular flexibility index (Phi) is 4.79. The second kappa shape index (κ2) is 7.40. The number of ether oxygens (including phenoxy) is 1. The van der Waals surface area contributed by atoms with E-state index in [4.69, 9.17) is 4.74 Å². The van der Waals surface area contributed by atoms with Crippen molar-refractivity contribution in [3.05, 3.63) is 99.5 Å². The molecule has 0 saturated heterocycles. The average molecular weight is 436 g/mol. The van der Waals surface area contributed by atoms with Crippen molar-refractivity contribution < 1.29 is 19.1 Å². The van der Waals surface area contributed by atoms with Gasteiger partial charge in [-0.3, -0.25) is 9.59 Å². The number of carbonyl (C=O) groups excluding carboxylic acids is 3. The van der Waals surface area contributed by atoms with Crippen molar-refractivity contribution in [1.29, 1.82) is 0 Å². The maximum absolute atomic E-state index is 12.7. The minimum atomic E-state index is -0.523. The van der Waals surface area contributed by atoms with Gasteiger partial charge < -0.3 is 4.74 Å². The molecule has 5 nitrogen and oxygen atoms in total. The highest BCUT2D eigenvalue weighted by atomic mass is 79.9. The Morgan fingerprint density at radius 3 is 2.39 bits per heavy atom. The third-order valence-electron chi connectivity index (χ3n) is 4.40. The van der Waals surface area contributed by atoms with E-state index in [0.29, 0.717) is 21.3 Å². The van der Waals surface area contributed by atoms with Crippen LogP contribution < -0.4 is 4.90 Å². The van der Waals surface area contributed by atoms with Crippen molar-refractivity contribution in [1.82, 2.24) is 0 Å². The van der Waals surface area contributed by atoms with E-state index < -0.39 is 17.8 Å². The maximum Gasteiger partial charge on any atom is 0.338 e. The van der Waals surface area contributed by atoms with E-state index in [9.17, 15) is 14.4 Å². The highest BCUT2D eigenvalue weighted by molar-refractivity contribution is 9.10. The first kappa shape index (κ1) is 18.1. The van der Waals surface area contributed by atoms with Gasteiger partial charge in [-0.2, -0.15) is 0 Å². The minimum Gasteiger partial charge on any atom is -0.457 e. The van der Waals surface area contributed by atoms with Crippen molar-refractivity contribution >= 4 is 39.4 Å². The maximum atomic E-state index is 12.7. The number of nitrogens with zero attached hydrogens (tertiary/aromatic N) is 1. The van der Waals surface area contributed by atoms with Gasteiger partial charge in [0.25, 0.3) is 11.8 Å². The Morgan fingerprint density at radius 1 is 0.857 bits per heavy atom. The summed E-state index contributed by atoms with van der Waals surface area (Å²) in [7, 11) is 0. The fraction of sp³-hybridized carbons (Fsp3) is 0.0455. The van der Waals surface area contributed by atoms with Crippen LogP contribution in [-0.4, -0.2) is 17.8 Å². The predicted molar refractivity (Wildman–Crippen MR) is 107 cm³/mol. The molecule has 1 aliphatic rings. The molecule has 0 unspecified atom stereocenters. The Hall–Kier alpha value is -3.25. The molecule has 0 saturated carbocycles. The van der Waals surface area contributed by atoms with Crippen LogP contribution in [0.5, 0.6) is 0 Å².